The number of rotatable bonds is 10. The molecule has 15 heavy (non-hydrogen) atoms. The molecule has 0 aliphatic carbocycles. The van der Waals surface area contributed by atoms with Crippen LogP contribution in [-0.4, -0.2) is 26.3 Å². The Kier molecular flexibility index (Phi) is 10.4. The van der Waals surface area contributed by atoms with Crippen LogP contribution in [0.25, 0.3) is 0 Å². The van der Waals surface area contributed by atoms with Gasteiger partial charge in [0.1, 0.15) is 0 Å². The van der Waals surface area contributed by atoms with Crippen molar-refractivity contribution < 1.29 is 4.74 Å². The molecule has 0 saturated carbocycles. The van der Waals surface area contributed by atoms with Gasteiger partial charge in [-0.1, -0.05) is 34.1 Å². The Hall–Kier alpha value is -0.0800. The van der Waals surface area contributed by atoms with E-state index in [1.54, 1.807) is 0 Å². The van der Waals surface area contributed by atoms with Crippen LogP contribution >= 0.6 is 0 Å². The zero-order valence-electron chi connectivity index (χ0n) is 11.0. The number of ether oxygens (including phenoxy) is 1. The van der Waals surface area contributed by atoms with E-state index in [1.165, 1.54) is 19.3 Å². The predicted octanol–water partition coefficient (Wildman–Crippen LogP) is 3.07. The number of hydrogen-bond donors (Lipinski definition) is 1. The average molecular weight is 215 g/mol. The Morgan fingerprint density at radius 3 is 2.40 bits per heavy atom. The van der Waals surface area contributed by atoms with Gasteiger partial charge in [0.2, 0.25) is 0 Å². The minimum atomic E-state index is 0.656. The van der Waals surface area contributed by atoms with Crippen LogP contribution in [0.2, 0.25) is 0 Å². The molecule has 0 saturated heterocycles. The maximum atomic E-state index is 5.62. The predicted molar refractivity (Wildman–Crippen MR) is 67.2 cm³/mol. The highest BCUT2D eigenvalue weighted by Gasteiger charge is 2.06. The van der Waals surface area contributed by atoms with Gasteiger partial charge in [0, 0.05) is 13.2 Å². The molecule has 0 aromatic heterocycles. The van der Waals surface area contributed by atoms with E-state index in [9.17, 15) is 0 Å². The van der Waals surface area contributed by atoms with Crippen molar-refractivity contribution in [2.75, 3.05) is 26.3 Å². The second-order valence-corrected chi connectivity index (χ2v) is 4.72. The molecule has 0 spiro atoms. The van der Waals surface area contributed by atoms with Gasteiger partial charge in [0.25, 0.3) is 0 Å². The molecule has 1 atom stereocenters. The highest BCUT2D eigenvalue weighted by Crippen LogP contribution is 2.10. The summed E-state index contributed by atoms with van der Waals surface area (Å²) < 4.78 is 5.62. The van der Waals surface area contributed by atoms with Crippen LogP contribution in [0.15, 0.2) is 0 Å². The zero-order valence-corrected chi connectivity index (χ0v) is 11.0. The summed E-state index contributed by atoms with van der Waals surface area (Å²) in [6.07, 6.45) is 3.80. The molecule has 0 amide bonds. The van der Waals surface area contributed by atoms with Gasteiger partial charge in [0.05, 0.1) is 0 Å². The van der Waals surface area contributed by atoms with Gasteiger partial charge >= 0.3 is 0 Å². The van der Waals surface area contributed by atoms with Crippen molar-refractivity contribution in [1.82, 2.24) is 5.32 Å². The molecule has 1 N–H and O–H groups in total. The van der Waals surface area contributed by atoms with Crippen LogP contribution in [0.1, 0.15) is 47.0 Å². The van der Waals surface area contributed by atoms with Crippen molar-refractivity contribution in [3.05, 3.63) is 0 Å². The standard InChI is InChI=1S/C13H29NO/c1-5-7-13(10-14-6-2)8-9-15-11-12(3)4/h12-14H,5-11H2,1-4H3. The summed E-state index contributed by atoms with van der Waals surface area (Å²) in [5.74, 6) is 1.45. The largest absolute Gasteiger partial charge is 0.381 e. The lowest BCUT2D eigenvalue weighted by molar-refractivity contribution is 0.0966. The fourth-order valence-corrected chi connectivity index (χ4v) is 1.67. The van der Waals surface area contributed by atoms with Crippen LogP contribution in [0, 0.1) is 11.8 Å². The van der Waals surface area contributed by atoms with Crippen LogP contribution in [0.3, 0.4) is 0 Å². The first-order chi connectivity index (χ1) is 7.20. The van der Waals surface area contributed by atoms with Gasteiger partial charge in [-0.25, -0.2) is 0 Å². The van der Waals surface area contributed by atoms with Crippen LogP contribution in [0.5, 0.6) is 0 Å². The number of nitrogens with one attached hydrogen (secondary N) is 1. The fraction of sp³-hybridized carbons (Fsp3) is 1.00. The quantitative estimate of drug-likeness (QED) is 0.565. The third-order valence-corrected chi connectivity index (χ3v) is 2.50. The van der Waals surface area contributed by atoms with Crippen LogP contribution in [0.4, 0.5) is 0 Å². The summed E-state index contributed by atoms with van der Waals surface area (Å²) >= 11 is 0. The van der Waals surface area contributed by atoms with Crippen LogP contribution in [-0.2, 0) is 4.74 Å². The third kappa shape index (κ3) is 10.2. The molecule has 0 fully saturated rings. The molecule has 0 bridgehead atoms. The summed E-state index contributed by atoms with van der Waals surface area (Å²) in [4.78, 5) is 0. The zero-order chi connectivity index (χ0) is 11.5. The molecule has 92 valence electrons. The fourth-order valence-electron chi connectivity index (χ4n) is 1.67. The van der Waals surface area contributed by atoms with Gasteiger partial charge in [-0.3, -0.25) is 0 Å². The molecule has 0 radical (unpaired) electrons. The van der Waals surface area contributed by atoms with E-state index in [0.717, 1.165) is 32.2 Å². The van der Waals surface area contributed by atoms with Crippen molar-refractivity contribution in [1.29, 1.82) is 0 Å². The second kappa shape index (κ2) is 10.4. The molecule has 0 rings (SSSR count). The first-order valence-electron chi connectivity index (χ1n) is 6.49. The van der Waals surface area contributed by atoms with E-state index in [4.69, 9.17) is 4.74 Å². The van der Waals surface area contributed by atoms with E-state index < -0.39 is 0 Å². The third-order valence-electron chi connectivity index (χ3n) is 2.50. The Morgan fingerprint density at radius 2 is 1.87 bits per heavy atom. The molecule has 2 heteroatoms. The van der Waals surface area contributed by atoms with E-state index in [0.29, 0.717) is 5.92 Å². The first-order valence-corrected chi connectivity index (χ1v) is 6.49. The molecule has 0 aromatic rings. The summed E-state index contributed by atoms with van der Waals surface area (Å²) in [6.45, 7) is 12.9. The summed E-state index contributed by atoms with van der Waals surface area (Å²) in [7, 11) is 0. The molecular weight excluding hydrogens is 186 g/mol. The molecule has 0 aromatic carbocycles. The van der Waals surface area contributed by atoms with Crippen LogP contribution < -0.4 is 5.32 Å². The van der Waals surface area contributed by atoms with Crippen molar-refractivity contribution in [3.8, 4) is 0 Å². The van der Waals surface area contributed by atoms with E-state index in [1.807, 2.05) is 0 Å². The summed E-state index contributed by atoms with van der Waals surface area (Å²) in [5, 5.41) is 3.43. The molecule has 0 aliphatic heterocycles. The lowest BCUT2D eigenvalue weighted by atomic mass is 10.0. The van der Waals surface area contributed by atoms with Crippen molar-refractivity contribution in [2.45, 2.75) is 47.0 Å². The molecule has 0 aliphatic rings. The summed E-state index contributed by atoms with van der Waals surface area (Å²) in [5.41, 5.74) is 0. The van der Waals surface area contributed by atoms with Gasteiger partial charge in [0.15, 0.2) is 0 Å². The van der Waals surface area contributed by atoms with Gasteiger partial charge in [-0.2, -0.15) is 0 Å². The SMILES string of the molecule is CCCC(CCOCC(C)C)CNCC. The second-order valence-electron chi connectivity index (χ2n) is 4.72. The number of hydrogen-bond acceptors (Lipinski definition) is 2. The molecule has 2 nitrogen and oxygen atoms in total. The lowest BCUT2D eigenvalue weighted by Gasteiger charge is -2.16. The van der Waals surface area contributed by atoms with Gasteiger partial charge in [-0.05, 0) is 37.8 Å². The van der Waals surface area contributed by atoms with Crippen molar-refractivity contribution in [3.63, 3.8) is 0 Å². The Bertz CT molecular complexity index is 126. The topological polar surface area (TPSA) is 21.3 Å². The summed E-state index contributed by atoms with van der Waals surface area (Å²) in [6, 6.07) is 0. The monoisotopic (exact) mass is 215 g/mol. The van der Waals surface area contributed by atoms with E-state index in [-0.39, 0.29) is 0 Å². The van der Waals surface area contributed by atoms with Gasteiger partial charge in [-0.15, -0.1) is 0 Å². The Morgan fingerprint density at radius 1 is 1.13 bits per heavy atom. The first kappa shape index (κ1) is 14.9. The Labute approximate surface area is 95.8 Å². The van der Waals surface area contributed by atoms with E-state index >= 15 is 0 Å². The smallest absolute Gasteiger partial charge is 0.0488 e. The molecular formula is C13H29NO. The van der Waals surface area contributed by atoms with Crippen molar-refractivity contribution in [2.24, 2.45) is 11.8 Å². The minimum Gasteiger partial charge on any atom is -0.381 e. The Balaban J connectivity index is 3.47. The normalized spacial score (nSPS) is 13.4. The average Bonchev–Trinajstić information content (AvgIpc) is 2.20. The lowest BCUT2D eigenvalue weighted by Crippen LogP contribution is -2.23. The minimum absolute atomic E-state index is 0.656. The molecule has 1 unspecified atom stereocenters. The highest BCUT2D eigenvalue weighted by atomic mass is 16.5. The highest BCUT2D eigenvalue weighted by molar-refractivity contribution is 4.61. The maximum absolute atomic E-state index is 5.62. The van der Waals surface area contributed by atoms with Crippen molar-refractivity contribution >= 4 is 0 Å². The van der Waals surface area contributed by atoms with Gasteiger partial charge < -0.3 is 10.1 Å². The molecule has 0 heterocycles. The maximum Gasteiger partial charge on any atom is 0.0488 e. The van der Waals surface area contributed by atoms with E-state index in [2.05, 4.69) is 33.0 Å².